The monoisotopic (exact) mass is 426 g/mol. The molecule has 146 valence electrons. The summed E-state index contributed by atoms with van der Waals surface area (Å²) in [7, 11) is 3.37. The molecule has 0 saturated carbocycles. The minimum atomic E-state index is -0.171. The largest absolute Gasteiger partial charge is 0.343 e. The van der Waals surface area contributed by atoms with Gasteiger partial charge in [0.2, 0.25) is 5.95 Å². The molecule has 9 heteroatoms. The van der Waals surface area contributed by atoms with Gasteiger partial charge in [-0.15, -0.1) is 0 Å². The molecule has 4 rings (SSSR count). The molecule has 0 saturated heterocycles. The Balaban J connectivity index is 1.65. The molecule has 4 aromatic rings. The second kappa shape index (κ2) is 7.69. The van der Waals surface area contributed by atoms with Gasteiger partial charge in [-0.3, -0.25) is 9.78 Å². The van der Waals surface area contributed by atoms with Gasteiger partial charge in [0.25, 0.3) is 5.91 Å². The van der Waals surface area contributed by atoms with Crippen molar-refractivity contribution in [1.82, 2.24) is 23.9 Å². The molecular formula is C20H16Cl2N6O. The van der Waals surface area contributed by atoms with Crippen LogP contribution in [0.5, 0.6) is 0 Å². The van der Waals surface area contributed by atoms with E-state index in [9.17, 15) is 4.79 Å². The van der Waals surface area contributed by atoms with Crippen molar-refractivity contribution >= 4 is 51.8 Å². The molecule has 0 atom stereocenters. The lowest BCUT2D eigenvalue weighted by atomic mass is 10.2. The summed E-state index contributed by atoms with van der Waals surface area (Å²) in [6, 6.07) is 12.5. The van der Waals surface area contributed by atoms with E-state index in [1.807, 2.05) is 18.2 Å². The van der Waals surface area contributed by atoms with Crippen LogP contribution in [0.25, 0.3) is 22.3 Å². The maximum Gasteiger partial charge on any atom is 0.271 e. The van der Waals surface area contributed by atoms with Crippen LogP contribution in [-0.4, -0.2) is 43.9 Å². The molecule has 1 N–H and O–H groups in total. The van der Waals surface area contributed by atoms with Gasteiger partial charge < -0.3 is 10.2 Å². The van der Waals surface area contributed by atoms with Gasteiger partial charge in [-0.1, -0.05) is 11.6 Å². The van der Waals surface area contributed by atoms with Crippen LogP contribution in [0.15, 0.2) is 54.9 Å². The number of hydrogen-bond donors (Lipinski definition) is 1. The van der Waals surface area contributed by atoms with Gasteiger partial charge >= 0.3 is 0 Å². The molecule has 0 bridgehead atoms. The van der Waals surface area contributed by atoms with Crippen molar-refractivity contribution in [1.29, 1.82) is 0 Å². The average molecular weight is 427 g/mol. The number of halogens is 2. The molecule has 0 aliphatic heterocycles. The van der Waals surface area contributed by atoms with Crippen LogP contribution in [0.4, 0.5) is 11.6 Å². The predicted octanol–water partition coefficient (Wildman–Crippen LogP) is 4.59. The van der Waals surface area contributed by atoms with Crippen molar-refractivity contribution in [3.05, 3.63) is 65.6 Å². The minimum absolute atomic E-state index is 0.171. The highest BCUT2D eigenvalue weighted by atomic mass is 35.5. The maximum atomic E-state index is 12.3. The van der Waals surface area contributed by atoms with Crippen molar-refractivity contribution in [2.24, 2.45) is 0 Å². The molecule has 7 nitrogen and oxygen atoms in total. The SMILES string of the molecule is CN(C)C(=O)c1cc2cc(Nc3nccc(-c4cc(Cl)ccn4)n3)ccc2n1Cl. The number of pyridine rings is 1. The Morgan fingerprint density at radius 1 is 1.03 bits per heavy atom. The third-order valence-electron chi connectivity index (χ3n) is 4.26. The van der Waals surface area contributed by atoms with E-state index in [1.165, 1.54) is 8.99 Å². The fourth-order valence-electron chi connectivity index (χ4n) is 2.87. The zero-order chi connectivity index (χ0) is 20.5. The standard InChI is InChI=1S/C20H16Cl2N6O/c1-27(2)19(29)18-10-12-9-14(3-4-17(12)28(18)22)25-20-24-8-6-15(26-20)16-11-13(21)5-7-23-16/h3-11H,1-2H3,(H,24,25,26). The molecule has 0 unspecified atom stereocenters. The average Bonchev–Trinajstić information content (AvgIpc) is 3.03. The Kier molecular flexibility index (Phi) is 5.08. The smallest absolute Gasteiger partial charge is 0.271 e. The van der Waals surface area contributed by atoms with Gasteiger partial charge in [-0.05, 0) is 42.5 Å². The molecule has 0 spiro atoms. The number of amides is 1. The quantitative estimate of drug-likeness (QED) is 0.516. The van der Waals surface area contributed by atoms with E-state index in [2.05, 4.69) is 20.3 Å². The van der Waals surface area contributed by atoms with E-state index in [-0.39, 0.29) is 5.91 Å². The van der Waals surface area contributed by atoms with E-state index in [4.69, 9.17) is 23.4 Å². The van der Waals surface area contributed by atoms with Crippen molar-refractivity contribution in [3.63, 3.8) is 0 Å². The Labute approximate surface area is 177 Å². The molecule has 1 aromatic carbocycles. The summed E-state index contributed by atoms with van der Waals surface area (Å²) < 4.78 is 1.36. The van der Waals surface area contributed by atoms with Crippen LogP contribution in [0.2, 0.25) is 5.02 Å². The first kappa shape index (κ1) is 19.2. The van der Waals surface area contributed by atoms with E-state index in [0.717, 1.165) is 16.6 Å². The summed E-state index contributed by atoms with van der Waals surface area (Å²) in [6.07, 6.45) is 3.28. The number of rotatable bonds is 4. The minimum Gasteiger partial charge on any atom is -0.343 e. The molecule has 0 aliphatic rings. The molecule has 3 aromatic heterocycles. The predicted molar refractivity (Wildman–Crippen MR) is 115 cm³/mol. The number of nitrogens with one attached hydrogen (secondary N) is 1. The Hall–Kier alpha value is -3.16. The van der Waals surface area contributed by atoms with Crippen molar-refractivity contribution in [3.8, 4) is 11.4 Å². The highest BCUT2D eigenvalue weighted by molar-refractivity contribution is 6.30. The molecule has 0 fully saturated rings. The van der Waals surface area contributed by atoms with E-state index < -0.39 is 0 Å². The summed E-state index contributed by atoms with van der Waals surface area (Å²) in [5.74, 6) is 0.245. The van der Waals surface area contributed by atoms with E-state index in [0.29, 0.717) is 28.1 Å². The van der Waals surface area contributed by atoms with Gasteiger partial charge in [0.15, 0.2) is 0 Å². The molecule has 1 amide bonds. The first-order valence-corrected chi connectivity index (χ1v) is 9.39. The van der Waals surface area contributed by atoms with Crippen molar-refractivity contribution in [2.45, 2.75) is 0 Å². The second-order valence-electron chi connectivity index (χ2n) is 6.53. The highest BCUT2D eigenvalue weighted by Gasteiger charge is 2.16. The number of fused-ring (bicyclic) bond motifs is 1. The molecule has 0 aliphatic carbocycles. The number of aromatic nitrogens is 4. The third-order valence-corrected chi connectivity index (χ3v) is 4.86. The second-order valence-corrected chi connectivity index (χ2v) is 7.31. The number of nitrogens with zero attached hydrogens (tertiary/aromatic N) is 5. The van der Waals surface area contributed by atoms with Gasteiger partial charge in [0, 0.05) is 54.4 Å². The lowest BCUT2D eigenvalue weighted by molar-refractivity contribution is 0.0821. The first-order valence-electron chi connectivity index (χ1n) is 8.67. The summed E-state index contributed by atoms with van der Waals surface area (Å²) in [4.78, 5) is 26.8. The van der Waals surface area contributed by atoms with Crippen molar-refractivity contribution < 1.29 is 4.79 Å². The number of carbonyl (C=O) groups excluding carboxylic acids is 1. The van der Waals surface area contributed by atoms with E-state index in [1.54, 1.807) is 50.8 Å². The molecule has 29 heavy (non-hydrogen) atoms. The number of anilines is 2. The summed E-state index contributed by atoms with van der Waals surface area (Å²) in [5.41, 5.74) is 3.20. The summed E-state index contributed by atoms with van der Waals surface area (Å²) >= 11 is 12.4. The Morgan fingerprint density at radius 3 is 2.59 bits per heavy atom. The lowest BCUT2D eigenvalue weighted by Crippen LogP contribution is -2.23. The zero-order valence-corrected chi connectivity index (χ0v) is 17.1. The van der Waals surface area contributed by atoms with Gasteiger partial charge in [-0.25, -0.2) is 14.1 Å². The number of benzene rings is 1. The lowest BCUT2D eigenvalue weighted by Gasteiger charge is -2.09. The summed E-state index contributed by atoms with van der Waals surface area (Å²) in [6.45, 7) is 0. The first-order chi connectivity index (χ1) is 13.9. The van der Waals surface area contributed by atoms with Gasteiger partial charge in [0.1, 0.15) is 5.69 Å². The van der Waals surface area contributed by atoms with Gasteiger partial charge in [0.05, 0.1) is 16.9 Å². The van der Waals surface area contributed by atoms with Crippen LogP contribution >= 0.6 is 23.4 Å². The van der Waals surface area contributed by atoms with Gasteiger partial charge in [-0.2, -0.15) is 0 Å². The zero-order valence-electron chi connectivity index (χ0n) is 15.6. The van der Waals surface area contributed by atoms with Crippen LogP contribution in [0.1, 0.15) is 10.5 Å². The molecule has 0 radical (unpaired) electrons. The normalized spacial score (nSPS) is 10.9. The maximum absolute atomic E-state index is 12.3. The number of hydrogen-bond acceptors (Lipinski definition) is 5. The summed E-state index contributed by atoms with van der Waals surface area (Å²) in [5, 5.41) is 4.58. The Morgan fingerprint density at radius 2 is 1.83 bits per heavy atom. The highest BCUT2D eigenvalue weighted by Crippen LogP contribution is 2.27. The molecule has 3 heterocycles. The number of carbonyl (C=O) groups is 1. The topological polar surface area (TPSA) is 75.9 Å². The fourth-order valence-corrected chi connectivity index (χ4v) is 3.31. The van der Waals surface area contributed by atoms with Crippen LogP contribution in [0, 0.1) is 0 Å². The third kappa shape index (κ3) is 3.87. The van der Waals surface area contributed by atoms with Crippen LogP contribution in [-0.2, 0) is 0 Å². The Bertz CT molecular complexity index is 1220. The van der Waals surface area contributed by atoms with Crippen LogP contribution < -0.4 is 5.32 Å². The van der Waals surface area contributed by atoms with Crippen LogP contribution in [0.3, 0.4) is 0 Å². The fraction of sp³-hybridized carbons (Fsp3) is 0.100. The van der Waals surface area contributed by atoms with Crippen molar-refractivity contribution in [2.75, 3.05) is 19.4 Å². The molecular weight excluding hydrogens is 411 g/mol. The van der Waals surface area contributed by atoms with E-state index >= 15 is 0 Å².